The molecule has 108 valence electrons. The maximum atomic E-state index is 12.4. The van der Waals surface area contributed by atoms with Crippen LogP contribution >= 0.6 is 0 Å². The van der Waals surface area contributed by atoms with Gasteiger partial charge in [-0.3, -0.25) is 4.79 Å². The molecule has 0 aliphatic rings. The van der Waals surface area contributed by atoms with E-state index in [1.165, 1.54) is 7.11 Å². The normalized spacial score (nSPS) is 16.2. The smallest absolute Gasteiger partial charge is 0.314 e. The number of methoxy groups -OCH3 is 1. The minimum atomic E-state index is -0.509. The van der Waals surface area contributed by atoms with Crippen LogP contribution in [-0.2, 0) is 14.3 Å². The lowest BCUT2D eigenvalue weighted by Crippen LogP contribution is -2.44. The molecule has 3 nitrogen and oxygen atoms in total. The number of carbonyl (C=O) groups is 1. The van der Waals surface area contributed by atoms with E-state index in [2.05, 4.69) is 41.5 Å². The number of hydrogen-bond donors (Lipinski definition) is 0. The topological polar surface area (TPSA) is 35.5 Å². The molecule has 0 aromatic carbocycles. The Morgan fingerprint density at radius 3 is 1.89 bits per heavy atom. The molecule has 0 spiro atoms. The number of ether oxygens (including phenoxy) is 2. The molecule has 0 aromatic rings. The molecule has 0 amide bonds. The van der Waals surface area contributed by atoms with Gasteiger partial charge in [-0.1, -0.05) is 48.0 Å². The Morgan fingerprint density at radius 1 is 1.06 bits per heavy atom. The molecule has 0 saturated carbocycles. The van der Waals surface area contributed by atoms with Crippen molar-refractivity contribution in [2.75, 3.05) is 13.9 Å². The molecule has 0 N–H and O–H groups in total. The summed E-state index contributed by atoms with van der Waals surface area (Å²) in [5.74, 6) is -0.168. The summed E-state index contributed by atoms with van der Waals surface area (Å²) in [4.78, 5) is 12.4. The highest BCUT2D eigenvalue weighted by Gasteiger charge is 2.48. The zero-order valence-corrected chi connectivity index (χ0v) is 13.3. The van der Waals surface area contributed by atoms with Crippen molar-refractivity contribution in [1.29, 1.82) is 0 Å². The van der Waals surface area contributed by atoms with E-state index in [4.69, 9.17) is 9.47 Å². The highest BCUT2D eigenvalue weighted by atomic mass is 16.7. The van der Waals surface area contributed by atoms with Crippen LogP contribution in [0.15, 0.2) is 0 Å². The Morgan fingerprint density at radius 2 is 1.56 bits per heavy atom. The van der Waals surface area contributed by atoms with Gasteiger partial charge in [0.2, 0.25) is 0 Å². The summed E-state index contributed by atoms with van der Waals surface area (Å²) in [5.41, 5.74) is -0.538. The third-order valence-electron chi connectivity index (χ3n) is 4.20. The van der Waals surface area contributed by atoms with Crippen LogP contribution < -0.4 is 0 Å². The molecule has 3 heteroatoms. The molecule has 0 radical (unpaired) electrons. The van der Waals surface area contributed by atoms with Crippen molar-refractivity contribution in [3.8, 4) is 0 Å². The van der Waals surface area contributed by atoms with Crippen LogP contribution in [0.1, 0.15) is 61.3 Å². The van der Waals surface area contributed by atoms with Gasteiger partial charge in [0.1, 0.15) is 0 Å². The van der Waals surface area contributed by atoms with Crippen LogP contribution in [0.5, 0.6) is 0 Å². The monoisotopic (exact) mass is 258 g/mol. The van der Waals surface area contributed by atoms with Crippen molar-refractivity contribution in [1.82, 2.24) is 0 Å². The highest BCUT2D eigenvalue weighted by molar-refractivity contribution is 5.77. The summed E-state index contributed by atoms with van der Waals surface area (Å²) < 4.78 is 10.0. The van der Waals surface area contributed by atoms with Crippen LogP contribution in [0.4, 0.5) is 0 Å². The van der Waals surface area contributed by atoms with Gasteiger partial charge >= 0.3 is 5.97 Å². The van der Waals surface area contributed by atoms with Gasteiger partial charge in [0.05, 0.1) is 5.41 Å². The SMILES string of the molecule is CCC(C)(C)CC(C)(C(=O)OCOC)C(C)(C)C. The number of esters is 1. The predicted molar refractivity (Wildman–Crippen MR) is 74.2 cm³/mol. The molecule has 0 aliphatic carbocycles. The quantitative estimate of drug-likeness (QED) is 0.533. The third-order valence-corrected chi connectivity index (χ3v) is 4.20. The number of carbonyl (C=O) groups excluding carboxylic acids is 1. The van der Waals surface area contributed by atoms with Crippen LogP contribution in [0.2, 0.25) is 0 Å². The van der Waals surface area contributed by atoms with Crippen LogP contribution in [0.25, 0.3) is 0 Å². The summed E-state index contributed by atoms with van der Waals surface area (Å²) in [6, 6.07) is 0. The fraction of sp³-hybridized carbons (Fsp3) is 0.933. The van der Waals surface area contributed by atoms with Crippen molar-refractivity contribution in [2.24, 2.45) is 16.2 Å². The van der Waals surface area contributed by atoms with E-state index in [-0.39, 0.29) is 23.6 Å². The first-order chi connectivity index (χ1) is 8.00. The fourth-order valence-electron chi connectivity index (χ4n) is 2.00. The third kappa shape index (κ3) is 4.27. The number of rotatable bonds is 6. The Balaban J connectivity index is 5.14. The zero-order chi connectivity index (χ0) is 14.6. The van der Waals surface area contributed by atoms with E-state index < -0.39 is 5.41 Å². The van der Waals surface area contributed by atoms with E-state index in [9.17, 15) is 4.79 Å². The van der Waals surface area contributed by atoms with Crippen molar-refractivity contribution in [2.45, 2.75) is 61.3 Å². The van der Waals surface area contributed by atoms with Gasteiger partial charge in [0.15, 0.2) is 6.79 Å². The molecular formula is C15H30O3. The van der Waals surface area contributed by atoms with Crippen LogP contribution in [0, 0.1) is 16.2 Å². The van der Waals surface area contributed by atoms with Gasteiger partial charge < -0.3 is 9.47 Å². The van der Waals surface area contributed by atoms with Gasteiger partial charge in [-0.05, 0) is 24.2 Å². The first kappa shape index (κ1) is 17.4. The van der Waals surface area contributed by atoms with Crippen LogP contribution in [0.3, 0.4) is 0 Å². The van der Waals surface area contributed by atoms with E-state index in [0.717, 1.165) is 12.8 Å². The molecule has 0 heterocycles. The Kier molecular flexibility index (Phi) is 5.86. The second kappa shape index (κ2) is 6.05. The summed E-state index contributed by atoms with van der Waals surface area (Å²) >= 11 is 0. The van der Waals surface area contributed by atoms with Crippen molar-refractivity contribution in [3.05, 3.63) is 0 Å². The van der Waals surface area contributed by atoms with E-state index in [0.29, 0.717) is 0 Å². The summed E-state index contributed by atoms with van der Waals surface area (Å²) in [6.45, 7) is 14.8. The zero-order valence-electron chi connectivity index (χ0n) is 13.3. The van der Waals surface area contributed by atoms with Crippen molar-refractivity contribution >= 4 is 5.97 Å². The minimum absolute atomic E-state index is 0.0249. The van der Waals surface area contributed by atoms with Gasteiger partial charge in [-0.15, -0.1) is 0 Å². The average molecular weight is 258 g/mol. The van der Waals surface area contributed by atoms with E-state index >= 15 is 0 Å². The van der Waals surface area contributed by atoms with E-state index in [1.54, 1.807) is 0 Å². The average Bonchev–Trinajstić information content (AvgIpc) is 2.23. The lowest BCUT2D eigenvalue weighted by atomic mass is 9.60. The second-order valence-corrected chi connectivity index (χ2v) is 7.11. The molecule has 0 saturated heterocycles. The summed E-state index contributed by atoms with van der Waals surface area (Å²) in [5, 5.41) is 0. The molecule has 0 fully saturated rings. The molecule has 0 rings (SSSR count). The Hall–Kier alpha value is -0.570. The van der Waals surface area contributed by atoms with Gasteiger partial charge in [0, 0.05) is 7.11 Å². The maximum absolute atomic E-state index is 12.4. The van der Waals surface area contributed by atoms with Gasteiger partial charge in [0.25, 0.3) is 0 Å². The lowest BCUT2D eigenvalue weighted by Gasteiger charge is -2.44. The lowest BCUT2D eigenvalue weighted by molar-refractivity contribution is -0.175. The predicted octanol–water partition coefficient (Wildman–Crippen LogP) is 4.01. The minimum Gasteiger partial charge on any atom is -0.438 e. The molecular weight excluding hydrogens is 228 g/mol. The first-order valence-electron chi connectivity index (χ1n) is 6.66. The molecule has 1 unspecified atom stereocenters. The van der Waals surface area contributed by atoms with Crippen molar-refractivity contribution in [3.63, 3.8) is 0 Å². The Labute approximate surface area is 112 Å². The van der Waals surface area contributed by atoms with Gasteiger partial charge in [-0.25, -0.2) is 0 Å². The molecule has 18 heavy (non-hydrogen) atoms. The highest BCUT2D eigenvalue weighted by Crippen LogP contribution is 2.48. The molecule has 0 bridgehead atoms. The number of hydrogen-bond acceptors (Lipinski definition) is 3. The van der Waals surface area contributed by atoms with Gasteiger partial charge in [-0.2, -0.15) is 0 Å². The summed E-state index contributed by atoms with van der Waals surface area (Å²) in [6.07, 6.45) is 1.85. The standard InChI is InChI=1S/C15H30O3/c1-9-14(5,6)10-15(7,13(2,3)4)12(16)18-11-17-8/h9-11H2,1-8H3. The second-order valence-electron chi connectivity index (χ2n) is 7.11. The first-order valence-corrected chi connectivity index (χ1v) is 6.66. The molecule has 0 aliphatic heterocycles. The van der Waals surface area contributed by atoms with Crippen molar-refractivity contribution < 1.29 is 14.3 Å². The molecule has 1 atom stereocenters. The summed E-state index contributed by atoms with van der Waals surface area (Å²) in [7, 11) is 1.53. The van der Waals surface area contributed by atoms with Crippen LogP contribution in [-0.4, -0.2) is 19.9 Å². The Bertz CT molecular complexity index is 276. The maximum Gasteiger partial charge on any atom is 0.314 e. The molecule has 0 aromatic heterocycles. The van der Waals surface area contributed by atoms with E-state index in [1.807, 2.05) is 6.92 Å². The largest absolute Gasteiger partial charge is 0.438 e. The fourth-order valence-corrected chi connectivity index (χ4v) is 2.00.